The Labute approximate surface area is 164 Å². The zero-order valence-electron chi connectivity index (χ0n) is 15.7. The second-order valence-corrected chi connectivity index (χ2v) is 6.62. The molecule has 0 aliphatic rings. The minimum atomic E-state index is -0.356. The second-order valence-electron chi connectivity index (χ2n) is 6.21. The number of carbonyl (C=O) groups is 2. The number of rotatable bonds is 10. The summed E-state index contributed by atoms with van der Waals surface area (Å²) in [4.78, 5) is 24.2. The average Bonchev–Trinajstić information content (AvgIpc) is 3.10. The van der Waals surface area contributed by atoms with Crippen molar-refractivity contribution in [3.05, 3.63) is 46.7 Å². The highest BCUT2D eigenvalue weighted by molar-refractivity contribution is 6.31. The van der Waals surface area contributed by atoms with Crippen molar-refractivity contribution < 1.29 is 14.3 Å². The van der Waals surface area contributed by atoms with Gasteiger partial charge in [-0.1, -0.05) is 54.8 Å². The first-order chi connectivity index (χ1) is 13.0. The summed E-state index contributed by atoms with van der Waals surface area (Å²) in [5, 5.41) is 11.4. The van der Waals surface area contributed by atoms with E-state index in [9.17, 15) is 9.59 Å². The number of aromatic nitrogens is 3. The molecule has 2 rings (SSSR count). The molecule has 1 N–H and O–H groups in total. The fraction of sp³-hybridized carbons (Fsp3) is 0.474. The number of hydrogen-bond donors (Lipinski definition) is 1. The van der Waals surface area contributed by atoms with Crippen molar-refractivity contribution >= 4 is 23.5 Å². The molecular weight excluding hydrogens is 368 g/mol. The van der Waals surface area contributed by atoms with Gasteiger partial charge >= 0.3 is 5.97 Å². The quantitative estimate of drug-likeness (QED) is 0.627. The Hall–Kier alpha value is -2.41. The molecule has 1 amide bonds. The molecule has 1 aromatic heterocycles. The smallest absolute Gasteiger partial charge is 0.307 e. The number of esters is 1. The number of nitrogens with zero attached hydrogens (tertiary/aromatic N) is 3. The topological polar surface area (TPSA) is 86.1 Å². The van der Waals surface area contributed by atoms with Crippen LogP contribution in [0.25, 0.3) is 0 Å². The van der Waals surface area contributed by atoms with Crippen molar-refractivity contribution in [3.63, 3.8) is 0 Å². The molecule has 0 saturated heterocycles. The van der Waals surface area contributed by atoms with E-state index in [-0.39, 0.29) is 30.0 Å². The highest BCUT2D eigenvalue weighted by Gasteiger charge is 2.19. The zero-order valence-corrected chi connectivity index (χ0v) is 16.4. The van der Waals surface area contributed by atoms with Crippen molar-refractivity contribution in [2.24, 2.45) is 0 Å². The molecule has 0 aliphatic carbocycles. The lowest BCUT2D eigenvalue weighted by Crippen LogP contribution is -2.37. The molecule has 0 radical (unpaired) electrons. The van der Waals surface area contributed by atoms with Gasteiger partial charge in [0.15, 0.2) is 5.69 Å². The van der Waals surface area contributed by atoms with Crippen LogP contribution in [0.5, 0.6) is 0 Å². The molecule has 0 unspecified atom stereocenters. The minimum Gasteiger partial charge on any atom is -0.466 e. The maximum Gasteiger partial charge on any atom is 0.307 e. The maximum atomic E-state index is 12.5. The molecule has 8 heteroatoms. The van der Waals surface area contributed by atoms with Gasteiger partial charge in [0.05, 0.1) is 25.8 Å². The summed E-state index contributed by atoms with van der Waals surface area (Å²) in [5.41, 5.74) is 1.09. The summed E-state index contributed by atoms with van der Waals surface area (Å²) in [6.07, 6.45) is 4.30. The predicted molar refractivity (Wildman–Crippen MR) is 103 cm³/mol. The monoisotopic (exact) mass is 392 g/mol. The summed E-state index contributed by atoms with van der Waals surface area (Å²) in [6.45, 7) is 4.56. The Morgan fingerprint density at radius 1 is 1.30 bits per heavy atom. The van der Waals surface area contributed by atoms with Gasteiger partial charge in [-0.05, 0) is 25.0 Å². The van der Waals surface area contributed by atoms with E-state index in [1.165, 1.54) is 0 Å². The lowest BCUT2D eigenvalue weighted by Gasteiger charge is -2.16. The normalized spacial score (nSPS) is 11.8. The Kier molecular flexibility index (Phi) is 8.26. The Balaban J connectivity index is 1.99. The van der Waals surface area contributed by atoms with E-state index < -0.39 is 0 Å². The van der Waals surface area contributed by atoms with Crippen molar-refractivity contribution in [2.75, 3.05) is 6.61 Å². The third-order valence-electron chi connectivity index (χ3n) is 4.02. The summed E-state index contributed by atoms with van der Waals surface area (Å²) in [7, 11) is 0. The molecule has 0 bridgehead atoms. The lowest BCUT2D eigenvalue weighted by molar-refractivity contribution is -0.143. The molecule has 0 fully saturated rings. The number of carbonyl (C=O) groups excluding carboxylic acids is 2. The molecule has 7 nitrogen and oxygen atoms in total. The van der Waals surface area contributed by atoms with E-state index >= 15 is 0 Å². The van der Waals surface area contributed by atoms with E-state index in [1.54, 1.807) is 23.9 Å². The molecule has 0 spiro atoms. The third kappa shape index (κ3) is 6.67. The number of nitrogens with one attached hydrogen (secondary N) is 1. The van der Waals surface area contributed by atoms with Gasteiger partial charge in [-0.25, -0.2) is 4.68 Å². The maximum absolute atomic E-state index is 12.5. The van der Waals surface area contributed by atoms with E-state index in [0.717, 1.165) is 18.4 Å². The highest BCUT2D eigenvalue weighted by Crippen LogP contribution is 2.16. The average molecular weight is 393 g/mol. The lowest BCUT2D eigenvalue weighted by atomic mass is 10.1. The van der Waals surface area contributed by atoms with E-state index in [4.69, 9.17) is 16.3 Å². The molecule has 27 heavy (non-hydrogen) atoms. The Bertz CT molecular complexity index is 763. The van der Waals surface area contributed by atoms with Gasteiger partial charge < -0.3 is 10.1 Å². The Morgan fingerprint density at radius 2 is 2.07 bits per heavy atom. The molecule has 1 atom stereocenters. The second kappa shape index (κ2) is 10.7. The first-order valence-electron chi connectivity index (χ1n) is 9.13. The van der Waals surface area contributed by atoms with Gasteiger partial charge in [-0.2, -0.15) is 0 Å². The molecule has 1 aromatic carbocycles. The predicted octanol–water partition coefficient (Wildman–Crippen LogP) is 3.22. The van der Waals surface area contributed by atoms with Crippen LogP contribution in [-0.2, 0) is 16.1 Å². The van der Waals surface area contributed by atoms with Gasteiger partial charge in [0.2, 0.25) is 0 Å². The molecule has 146 valence electrons. The van der Waals surface area contributed by atoms with Crippen LogP contribution in [0.2, 0.25) is 5.02 Å². The van der Waals surface area contributed by atoms with Gasteiger partial charge in [0, 0.05) is 11.1 Å². The molecule has 1 heterocycles. The van der Waals surface area contributed by atoms with Crippen molar-refractivity contribution in [1.29, 1.82) is 0 Å². The minimum absolute atomic E-state index is 0.146. The van der Waals surface area contributed by atoms with Gasteiger partial charge in [-0.3, -0.25) is 9.59 Å². The van der Waals surface area contributed by atoms with E-state index in [2.05, 4.69) is 22.6 Å². The van der Waals surface area contributed by atoms with Crippen LogP contribution in [-0.4, -0.2) is 39.5 Å². The third-order valence-corrected chi connectivity index (χ3v) is 4.39. The van der Waals surface area contributed by atoms with Crippen molar-refractivity contribution in [2.45, 2.75) is 52.1 Å². The number of hydrogen-bond acceptors (Lipinski definition) is 5. The van der Waals surface area contributed by atoms with Crippen molar-refractivity contribution in [3.8, 4) is 0 Å². The summed E-state index contributed by atoms with van der Waals surface area (Å²) in [5.74, 6) is -0.674. The molecule has 2 aromatic rings. The molecule has 0 saturated carbocycles. The fourth-order valence-electron chi connectivity index (χ4n) is 2.64. The van der Waals surface area contributed by atoms with Gasteiger partial charge in [0.1, 0.15) is 0 Å². The van der Waals surface area contributed by atoms with Crippen LogP contribution in [0.15, 0.2) is 30.5 Å². The summed E-state index contributed by atoms with van der Waals surface area (Å²) < 4.78 is 6.54. The van der Waals surface area contributed by atoms with Crippen LogP contribution in [0, 0.1) is 0 Å². The van der Waals surface area contributed by atoms with E-state index in [0.29, 0.717) is 24.6 Å². The Morgan fingerprint density at radius 3 is 2.78 bits per heavy atom. The number of unbranched alkanes of at least 4 members (excludes halogenated alkanes) is 1. The summed E-state index contributed by atoms with van der Waals surface area (Å²) >= 11 is 6.15. The highest BCUT2D eigenvalue weighted by atomic mass is 35.5. The first kappa shape index (κ1) is 20.9. The SMILES string of the molecule is CCCC[C@@H](CC(=O)OCC)NC(=O)c1cn(Cc2ccccc2Cl)nn1. The molecular formula is C19H25ClN4O3. The number of ether oxygens (including phenoxy) is 1. The van der Waals surface area contributed by atoms with Crippen LogP contribution in [0.3, 0.4) is 0 Å². The standard InChI is InChI=1S/C19H25ClN4O3/c1-3-5-9-15(11-18(25)27-4-2)21-19(26)17-13-24(23-22-17)12-14-8-6-7-10-16(14)20/h6-8,10,13,15H,3-5,9,11-12H2,1-2H3,(H,21,26)/t15-/m0/s1. The van der Waals surface area contributed by atoms with Crippen LogP contribution in [0.1, 0.15) is 55.6 Å². The largest absolute Gasteiger partial charge is 0.466 e. The van der Waals surface area contributed by atoms with E-state index in [1.807, 2.05) is 18.2 Å². The van der Waals surface area contributed by atoms with Crippen LogP contribution < -0.4 is 5.32 Å². The summed E-state index contributed by atoms with van der Waals surface area (Å²) in [6, 6.07) is 7.15. The van der Waals surface area contributed by atoms with Crippen LogP contribution >= 0.6 is 11.6 Å². The van der Waals surface area contributed by atoms with Crippen molar-refractivity contribution in [1.82, 2.24) is 20.3 Å². The van der Waals surface area contributed by atoms with Crippen LogP contribution in [0.4, 0.5) is 0 Å². The fourth-order valence-corrected chi connectivity index (χ4v) is 2.83. The zero-order chi connectivity index (χ0) is 19.6. The molecule has 0 aliphatic heterocycles. The van der Waals surface area contributed by atoms with Gasteiger partial charge in [-0.15, -0.1) is 5.10 Å². The number of benzene rings is 1. The number of amides is 1. The number of halogens is 1. The van der Waals surface area contributed by atoms with Gasteiger partial charge in [0.25, 0.3) is 5.91 Å². The first-order valence-corrected chi connectivity index (χ1v) is 9.51.